The van der Waals surface area contributed by atoms with Gasteiger partial charge in [-0.2, -0.15) is 0 Å². The van der Waals surface area contributed by atoms with Crippen molar-refractivity contribution in [3.05, 3.63) is 0 Å². The summed E-state index contributed by atoms with van der Waals surface area (Å²) < 4.78 is 0. The van der Waals surface area contributed by atoms with Crippen molar-refractivity contribution in [2.75, 3.05) is 0 Å². The first-order chi connectivity index (χ1) is 5.92. The minimum absolute atomic E-state index is 0.522. The zero-order valence-corrected chi connectivity index (χ0v) is 10.3. The molecule has 0 unspecified atom stereocenters. The lowest BCUT2D eigenvalue weighted by Crippen LogP contribution is -2.08. The van der Waals surface area contributed by atoms with Gasteiger partial charge in [0.1, 0.15) is 0 Å². The Labute approximate surface area is 85.1 Å². The van der Waals surface area contributed by atoms with Gasteiger partial charge in [0.05, 0.1) is 0 Å². The minimum Gasteiger partial charge on any atom is -0.0628 e. The van der Waals surface area contributed by atoms with E-state index in [1.54, 1.807) is 0 Å². The maximum atomic E-state index is 2.28. The van der Waals surface area contributed by atoms with Gasteiger partial charge in [0.15, 0.2) is 0 Å². The maximum absolute atomic E-state index is 2.28. The summed E-state index contributed by atoms with van der Waals surface area (Å²) in [6.45, 7) is 11.4. The Balaban J connectivity index is 0.000000243. The monoisotopic (exact) mass is 184 g/mol. The van der Waals surface area contributed by atoms with Gasteiger partial charge in [-0.1, -0.05) is 66.7 Å². The van der Waals surface area contributed by atoms with E-state index in [9.17, 15) is 0 Å². The van der Waals surface area contributed by atoms with Crippen LogP contribution < -0.4 is 0 Å². The van der Waals surface area contributed by atoms with Crippen LogP contribution in [-0.4, -0.2) is 0 Å². The first-order valence-corrected chi connectivity index (χ1v) is 5.92. The molecule has 0 heterocycles. The van der Waals surface area contributed by atoms with Gasteiger partial charge >= 0.3 is 0 Å². The molecule has 1 rings (SSSR count). The molecule has 0 aromatic heterocycles. The summed E-state index contributed by atoms with van der Waals surface area (Å²) in [5.74, 6) is 0.843. The fraction of sp³-hybridized carbons (Fsp3) is 1.00. The topological polar surface area (TPSA) is 0 Å². The van der Waals surface area contributed by atoms with E-state index in [4.69, 9.17) is 0 Å². The van der Waals surface area contributed by atoms with E-state index in [1.165, 1.54) is 38.5 Å². The molecule has 0 aliphatic heterocycles. The maximum Gasteiger partial charge on any atom is -0.0380 e. The zero-order valence-electron chi connectivity index (χ0n) is 10.3. The predicted octanol–water partition coefficient (Wildman–Crippen LogP) is 5.03. The van der Waals surface area contributed by atoms with Crippen molar-refractivity contribution in [3.8, 4) is 0 Å². The van der Waals surface area contributed by atoms with Crippen molar-refractivity contribution >= 4 is 0 Å². The largest absolute Gasteiger partial charge is 0.0628 e. The predicted molar refractivity (Wildman–Crippen MR) is 62.0 cm³/mol. The molecule has 0 heteroatoms. The van der Waals surface area contributed by atoms with Gasteiger partial charge in [-0.3, -0.25) is 0 Å². The molecule has 0 saturated heterocycles. The summed E-state index contributed by atoms with van der Waals surface area (Å²) in [4.78, 5) is 0. The standard InChI is InChI=1S/C8H18.C5H10/c1-7(2)6-8(3,4)5;1-2-4-5-3-1/h7H,6H2,1-5H3;1-5H2. The molecule has 0 N–H and O–H groups in total. The quantitative estimate of drug-likeness (QED) is 0.536. The smallest absolute Gasteiger partial charge is 0.0380 e. The number of rotatable bonds is 1. The van der Waals surface area contributed by atoms with Crippen LogP contribution in [0, 0.1) is 11.3 Å². The molecular weight excluding hydrogens is 156 g/mol. The Morgan fingerprint density at radius 3 is 1.23 bits per heavy atom. The van der Waals surface area contributed by atoms with E-state index >= 15 is 0 Å². The van der Waals surface area contributed by atoms with Crippen LogP contribution in [0.5, 0.6) is 0 Å². The summed E-state index contributed by atoms with van der Waals surface area (Å²) >= 11 is 0. The SMILES string of the molecule is C1CCCC1.CC(C)CC(C)(C)C. The third-order valence-corrected chi connectivity index (χ3v) is 2.27. The van der Waals surface area contributed by atoms with Gasteiger partial charge < -0.3 is 0 Å². The van der Waals surface area contributed by atoms with Crippen molar-refractivity contribution in [3.63, 3.8) is 0 Å². The van der Waals surface area contributed by atoms with Crippen LogP contribution in [0.25, 0.3) is 0 Å². The molecule has 1 saturated carbocycles. The lowest BCUT2D eigenvalue weighted by molar-refractivity contribution is 0.320. The molecule has 1 aliphatic carbocycles. The van der Waals surface area contributed by atoms with E-state index in [-0.39, 0.29) is 0 Å². The molecule has 0 nitrogen and oxygen atoms in total. The second kappa shape index (κ2) is 6.45. The highest BCUT2D eigenvalue weighted by molar-refractivity contribution is 4.62. The lowest BCUT2D eigenvalue weighted by Gasteiger charge is -2.19. The molecule has 80 valence electrons. The van der Waals surface area contributed by atoms with E-state index in [1.807, 2.05) is 0 Å². The van der Waals surface area contributed by atoms with Crippen LogP contribution in [0.1, 0.15) is 73.1 Å². The average Bonchev–Trinajstić information content (AvgIpc) is 2.33. The van der Waals surface area contributed by atoms with Gasteiger partial charge in [-0.15, -0.1) is 0 Å². The van der Waals surface area contributed by atoms with Crippen molar-refractivity contribution in [1.82, 2.24) is 0 Å². The van der Waals surface area contributed by atoms with E-state index in [2.05, 4.69) is 34.6 Å². The third kappa shape index (κ3) is 12.0. The minimum atomic E-state index is 0.522. The Bertz CT molecular complexity index is 94.1. The van der Waals surface area contributed by atoms with E-state index in [0.29, 0.717) is 5.41 Å². The zero-order chi connectivity index (χ0) is 10.3. The van der Waals surface area contributed by atoms with Gasteiger partial charge in [0, 0.05) is 0 Å². The normalized spacial score (nSPS) is 17.1. The van der Waals surface area contributed by atoms with Gasteiger partial charge in [-0.25, -0.2) is 0 Å². The van der Waals surface area contributed by atoms with Gasteiger partial charge in [0.25, 0.3) is 0 Å². The molecular formula is C13H28. The van der Waals surface area contributed by atoms with E-state index in [0.717, 1.165) is 5.92 Å². The highest BCUT2D eigenvalue weighted by Crippen LogP contribution is 2.23. The van der Waals surface area contributed by atoms with Crippen LogP contribution in [0.4, 0.5) is 0 Å². The molecule has 0 bridgehead atoms. The second-order valence-electron chi connectivity index (χ2n) is 5.93. The second-order valence-corrected chi connectivity index (χ2v) is 5.93. The van der Waals surface area contributed by atoms with Crippen molar-refractivity contribution in [1.29, 1.82) is 0 Å². The molecule has 0 radical (unpaired) electrons. The van der Waals surface area contributed by atoms with Crippen LogP contribution in [-0.2, 0) is 0 Å². The number of hydrogen-bond acceptors (Lipinski definition) is 0. The van der Waals surface area contributed by atoms with Crippen molar-refractivity contribution in [2.45, 2.75) is 73.1 Å². The molecule has 1 fully saturated rings. The Kier molecular flexibility index (Phi) is 6.45. The van der Waals surface area contributed by atoms with E-state index < -0.39 is 0 Å². The molecule has 1 aliphatic rings. The Hall–Kier alpha value is 0. The fourth-order valence-electron chi connectivity index (χ4n) is 2.11. The highest BCUT2D eigenvalue weighted by atomic mass is 14.2. The Morgan fingerprint density at radius 2 is 1.15 bits per heavy atom. The molecule has 0 spiro atoms. The lowest BCUT2D eigenvalue weighted by atomic mass is 9.86. The number of hydrogen-bond donors (Lipinski definition) is 0. The third-order valence-electron chi connectivity index (χ3n) is 2.27. The van der Waals surface area contributed by atoms with Crippen LogP contribution >= 0.6 is 0 Å². The summed E-state index contributed by atoms with van der Waals surface area (Å²) in [6.07, 6.45) is 8.83. The molecule has 0 amide bonds. The summed E-state index contributed by atoms with van der Waals surface area (Å²) in [5, 5.41) is 0. The summed E-state index contributed by atoms with van der Waals surface area (Å²) in [6, 6.07) is 0. The van der Waals surface area contributed by atoms with Gasteiger partial charge in [-0.05, 0) is 17.8 Å². The average molecular weight is 184 g/mol. The molecule has 13 heavy (non-hydrogen) atoms. The highest BCUT2D eigenvalue weighted by Gasteiger charge is 2.11. The first kappa shape index (κ1) is 13.0. The molecule has 0 aromatic carbocycles. The van der Waals surface area contributed by atoms with Gasteiger partial charge in [0.2, 0.25) is 0 Å². The first-order valence-electron chi connectivity index (χ1n) is 5.92. The molecule has 0 aromatic rings. The summed E-state index contributed by atoms with van der Waals surface area (Å²) in [5.41, 5.74) is 0.522. The Morgan fingerprint density at radius 1 is 0.846 bits per heavy atom. The van der Waals surface area contributed by atoms with Crippen LogP contribution in [0.3, 0.4) is 0 Å². The van der Waals surface area contributed by atoms with Crippen LogP contribution in [0.15, 0.2) is 0 Å². The fourth-order valence-corrected chi connectivity index (χ4v) is 2.11. The summed E-state index contributed by atoms with van der Waals surface area (Å²) in [7, 11) is 0. The molecule has 0 atom stereocenters. The van der Waals surface area contributed by atoms with Crippen LogP contribution in [0.2, 0.25) is 0 Å². The van der Waals surface area contributed by atoms with Crippen molar-refractivity contribution in [2.24, 2.45) is 11.3 Å². The van der Waals surface area contributed by atoms with Crippen molar-refractivity contribution < 1.29 is 0 Å².